The summed E-state index contributed by atoms with van der Waals surface area (Å²) in [6.07, 6.45) is 3.86. The first-order valence-electron chi connectivity index (χ1n) is 8.74. The number of aromatic nitrogens is 4. The van der Waals surface area contributed by atoms with E-state index in [1.165, 1.54) is 0 Å². The van der Waals surface area contributed by atoms with Gasteiger partial charge in [0.1, 0.15) is 0 Å². The summed E-state index contributed by atoms with van der Waals surface area (Å²) in [6.45, 7) is 3.53. The molecule has 136 valence electrons. The number of rotatable bonds is 5. The number of anilines is 1. The van der Waals surface area contributed by atoms with E-state index in [1.54, 1.807) is 9.58 Å². The van der Waals surface area contributed by atoms with Crippen molar-refractivity contribution in [1.82, 2.24) is 24.8 Å². The molecule has 8 nitrogen and oxygen atoms in total. The fourth-order valence-corrected chi connectivity index (χ4v) is 3.11. The zero-order chi connectivity index (χ0) is 18.0. The van der Waals surface area contributed by atoms with Crippen LogP contribution in [-0.2, 0) is 13.5 Å². The Morgan fingerprint density at radius 1 is 1.36 bits per heavy atom. The van der Waals surface area contributed by atoms with E-state index >= 15 is 0 Å². The zero-order valence-corrected chi connectivity index (χ0v) is 15.4. The molecule has 1 aliphatic heterocycles. The third-order valence-electron chi connectivity index (χ3n) is 4.85. The van der Waals surface area contributed by atoms with Gasteiger partial charge in [-0.1, -0.05) is 5.16 Å². The molecule has 0 aliphatic carbocycles. The third-order valence-corrected chi connectivity index (χ3v) is 4.85. The maximum absolute atomic E-state index is 12.5. The summed E-state index contributed by atoms with van der Waals surface area (Å²) in [7, 11) is 5.62. The third kappa shape index (κ3) is 4.00. The summed E-state index contributed by atoms with van der Waals surface area (Å²) in [5, 5.41) is 8.30. The van der Waals surface area contributed by atoms with Crippen LogP contribution in [0.2, 0.25) is 0 Å². The first-order valence-corrected chi connectivity index (χ1v) is 8.74. The van der Waals surface area contributed by atoms with Gasteiger partial charge in [0.05, 0.1) is 0 Å². The van der Waals surface area contributed by atoms with Crippen molar-refractivity contribution in [3.8, 4) is 0 Å². The van der Waals surface area contributed by atoms with Crippen LogP contribution in [0, 0.1) is 12.8 Å². The van der Waals surface area contributed by atoms with Crippen molar-refractivity contribution in [3.63, 3.8) is 0 Å². The predicted molar refractivity (Wildman–Crippen MR) is 93.5 cm³/mol. The molecule has 0 aromatic carbocycles. The number of nitrogens with zero attached hydrogens (tertiary/aromatic N) is 6. The second-order valence-electron chi connectivity index (χ2n) is 6.96. The molecular formula is C17H26N6O2. The summed E-state index contributed by atoms with van der Waals surface area (Å²) in [6, 6.07) is 2.40. The van der Waals surface area contributed by atoms with Crippen LogP contribution in [0.5, 0.6) is 0 Å². The fourth-order valence-electron chi connectivity index (χ4n) is 3.11. The Labute approximate surface area is 147 Å². The number of amides is 1. The molecule has 1 fully saturated rings. The van der Waals surface area contributed by atoms with Crippen molar-refractivity contribution in [2.75, 3.05) is 32.1 Å². The largest absolute Gasteiger partial charge is 0.337 e. The van der Waals surface area contributed by atoms with Crippen LogP contribution in [-0.4, -0.2) is 57.9 Å². The topological polar surface area (TPSA) is 80.3 Å². The summed E-state index contributed by atoms with van der Waals surface area (Å²) >= 11 is 0. The molecule has 3 rings (SSSR count). The number of carbonyl (C=O) groups is 1. The average molecular weight is 346 g/mol. The molecule has 0 spiro atoms. The Hall–Kier alpha value is -2.38. The van der Waals surface area contributed by atoms with Gasteiger partial charge in [-0.05, 0) is 38.2 Å². The molecule has 1 amide bonds. The van der Waals surface area contributed by atoms with Crippen LogP contribution in [0.15, 0.2) is 10.6 Å². The van der Waals surface area contributed by atoms with Crippen molar-refractivity contribution in [2.24, 2.45) is 13.0 Å². The molecular weight excluding hydrogens is 320 g/mol. The molecule has 25 heavy (non-hydrogen) atoms. The summed E-state index contributed by atoms with van der Waals surface area (Å²) < 4.78 is 6.92. The van der Waals surface area contributed by atoms with E-state index < -0.39 is 0 Å². The van der Waals surface area contributed by atoms with Gasteiger partial charge < -0.3 is 14.3 Å². The highest BCUT2D eigenvalue weighted by Crippen LogP contribution is 2.23. The van der Waals surface area contributed by atoms with Gasteiger partial charge in [0.2, 0.25) is 0 Å². The second kappa shape index (κ2) is 7.25. The Kier molecular flexibility index (Phi) is 5.06. The molecule has 8 heteroatoms. The molecule has 1 saturated heterocycles. The molecule has 0 saturated carbocycles. The first kappa shape index (κ1) is 17.4. The van der Waals surface area contributed by atoms with Gasteiger partial charge >= 0.3 is 6.01 Å². The van der Waals surface area contributed by atoms with E-state index in [1.807, 2.05) is 39.0 Å². The number of likely N-dealkylation sites (tertiary alicyclic amines) is 1. The lowest BCUT2D eigenvalue weighted by molar-refractivity contribution is 0.0680. The standard InChI is InChI=1S/C17H26N6O2/c1-12-11-14(19-22(12)4)16(24)23-9-7-13(8-10-23)5-6-15-18-17(21(2)3)25-20-15/h11,13H,5-10H2,1-4H3. The van der Waals surface area contributed by atoms with Crippen molar-refractivity contribution < 1.29 is 9.32 Å². The minimum Gasteiger partial charge on any atom is -0.337 e. The van der Waals surface area contributed by atoms with Crippen molar-refractivity contribution >= 4 is 11.9 Å². The van der Waals surface area contributed by atoms with E-state index in [-0.39, 0.29) is 5.91 Å². The Bertz CT molecular complexity index is 708. The zero-order valence-electron chi connectivity index (χ0n) is 15.4. The molecule has 2 aromatic heterocycles. The van der Waals surface area contributed by atoms with Gasteiger partial charge in [-0.2, -0.15) is 10.1 Å². The fraction of sp³-hybridized carbons (Fsp3) is 0.647. The second-order valence-corrected chi connectivity index (χ2v) is 6.96. The van der Waals surface area contributed by atoms with E-state index in [2.05, 4.69) is 15.2 Å². The number of piperidine rings is 1. The highest BCUT2D eigenvalue weighted by atomic mass is 16.5. The van der Waals surface area contributed by atoms with Crippen LogP contribution in [0.3, 0.4) is 0 Å². The maximum atomic E-state index is 12.5. The van der Waals surface area contributed by atoms with Gasteiger partial charge in [0, 0.05) is 46.3 Å². The van der Waals surface area contributed by atoms with Gasteiger partial charge in [-0.15, -0.1) is 0 Å². The Morgan fingerprint density at radius 3 is 2.64 bits per heavy atom. The van der Waals surface area contributed by atoms with Gasteiger partial charge in [0.25, 0.3) is 5.91 Å². The number of aryl methyl sites for hydroxylation is 3. The van der Waals surface area contributed by atoms with Crippen LogP contribution in [0.25, 0.3) is 0 Å². The van der Waals surface area contributed by atoms with Crippen LogP contribution >= 0.6 is 0 Å². The van der Waals surface area contributed by atoms with E-state index in [0.29, 0.717) is 17.6 Å². The number of carbonyl (C=O) groups excluding carboxylic acids is 1. The number of hydrogen-bond donors (Lipinski definition) is 0. The lowest BCUT2D eigenvalue weighted by Crippen LogP contribution is -2.38. The SMILES string of the molecule is Cc1cc(C(=O)N2CCC(CCc3noc(N(C)C)n3)CC2)nn1C. The number of hydrogen-bond acceptors (Lipinski definition) is 6. The van der Waals surface area contributed by atoms with Gasteiger partial charge in [-0.3, -0.25) is 9.48 Å². The van der Waals surface area contributed by atoms with Gasteiger partial charge in [-0.25, -0.2) is 0 Å². The lowest BCUT2D eigenvalue weighted by Gasteiger charge is -2.31. The summed E-state index contributed by atoms with van der Waals surface area (Å²) in [4.78, 5) is 20.6. The highest BCUT2D eigenvalue weighted by molar-refractivity contribution is 5.92. The molecule has 1 aliphatic rings. The lowest BCUT2D eigenvalue weighted by atomic mass is 9.92. The minimum absolute atomic E-state index is 0.0379. The maximum Gasteiger partial charge on any atom is 0.323 e. The monoisotopic (exact) mass is 346 g/mol. The van der Waals surface area contributed by atoms with E-state index in [0.717, 1.165) is 50.3 Å². The van der Waals surface area contributed by atoms with Crippen molar-refractivity contribution in [2.45, 2.75) is 32.6 Å². The summed E-state index contributed by atoms with van der Waals surface area (Å²) in [5.41, 5.74) is 1.54. The summed E-state index contributed by atoms with van der Waals surface area (Å²) in [5.74, 6) is 1.39. The van der Waals surface area contributed by atoms with E-state index in [4.69, 9.17) is 4.52 Å². The van der Waals surface area contributed by atoms with Crippen LogP contribution in [0.1, 0.15) is 41.3 Å². The molecule has 0 radical (unpaired) electrons. The first-order chi connectivity index (χ1) is 11.9. The smallest absolute Gasteiger partial charge is 0.323 e. The Morgan fingerprint density at radius 2 is 2.08 bits per heavy atom. The minimum atomic E-state index is 0.0379. The average Bonchev–Trinajstić information content (AvgIpc) is 3.20. The van der Waals surface area contributed by atoms with Crippen molar-refractivity contribution in [1.29, 1.82) is 0 Å². The molecule has 0 N–H and O–H groups in total. The predicted octanol–water partition coefficient (Wildman–Crippen LogP) is 1.66. The molecule has 0 bridgehead atoms. The van der Waals surface area contributed by atoms with Gasteiger partial charge in [0.15, 0.2) is 11.5 Å². The van der Waals surface area contributed by atoms with Crippen LogP contribution in [0.4, 0.5) is 6.01 Å². The highest BCUT2D eigenvalue weighted by Gasteiger charge is 2.25. The molecule has 2 aromatic rings. The normalized spacial score (nSPS) is 15.6. The van der Waals surface area contributed by atoms with E-state index in [9.17, 15) is 4.79 Å². The Balaban J connectivity index is 1.47. The molecule has 0 unspecified atom stereocenters. The van der Waals surface area contributed by atoms with Crippen LogP contribution < -0.4 is 4.90 Å². The molecule has 0 atom stereocenters. The molecule has 3 heterocycles. The van der Waals surface area contributed by atoms with Crippen molar-refractivity contribution in [3.05, 3.63) is 23.3 Å². The quantitative estimate of drug-likeness (QED) is 0.819.